The SMILES string of the molecule is CO/N=C(/C(=O)OC)c1cnc(C(F)(F)F)nc1O.[Y]. The van der Waals surface area contributed by atoms with E-state index in [1.807, 2.05) is 0 Å². The van der Waals surface area contributed by atoms with Gasteiger partial charge >= 0.3 is 12.1 Å². The van der Waals surface area contributed by atoms with Crippen LogP contribution in [-0.4, -0.2) is 41.0 Å². The van der Waals surface area contributed by atoms with Gasteiger partial charge < -0.3 is 14.7 Å². The van der Waals surface area contributed by atoms with E-state index >= 15 is 0 Å². The summed E-state index contributed by atoms with van der Waals surface area (Å²) in [5.74, 6) is -3.64. The second-order valence-electron chi connectivity index (χ2n) is 3.04. The maximum absolute atomic E-state index is 12.3. The summed E-state index contributed by atoms with van der Waals surface area (Å²) in [5, 5.41) is 12.6. The number of ether oxygens (including phenoxy) is 1. The van der Waals surface area contributed by atoms with Gasteiger partial charge in [0.15, 0.2) is 0 Å². The summed E-state index contributed by atoms with van der Waals surface area (Å²) < 4.78 is 41.2. The molecule has 0 fully saturated rings. The second-order valence-corrected chi connectivity index (χ2v) is 3.04. The molecule has 1 aromatic rings. The zero-order valence-electron chi connectivity index (χ0n) is 10.3. The molecular weight excluding hydrogens is 360 g/mol. The van der Waals surface area contributed by atoms with E-state index in [2.05, 4.69) is 24.7 Å². The molecule has 0 bridgehead atoms. The van der Waals surface area contributed by atoms with Gasteiger partial charge in [0.1, 0.15) is 7.11 Å². The molecule has 107 valence electrons. The number of hydrogen-bond acceptors (Lipinski definition) is 7. The van der Waals surface area contributed by atoms with Crippen LogP contribution in [0.3, 0.4) is 0 Å². The van der Waals surface area contributed by atoms with Crippen molar-refractivity contribution in [2.45, 2.75) is 6.18 Å². The van der Waals surface area contributed by atoms with E-state index in [1.165, 1.54) is 0 Å². The molecule has 7 nitrogen and oxygen atoms in total. The van der Waals surface area contributed by atoms with Crippen molar-refractivity contribution < 1.29 is 65.4 Å². The van der Waals surface area contributed by atoms with Crippen LogP contribution < -0.4 is 0 Å². The number of aromatic hydroxyl groups is 1. The van der Waals surface area contributed by atoms with Crippen molar-refractivity contribution in [3.05, 3.63) is 17.6 Å². The third-order valence-electron chi connectivity index (χ3n) is 1.84. The molecule has 1 heterocycles. The van der Waals surface area contributed by atoms with E-state index in [9.17, 15) is 23.1 Å². The van der Waals surface area contributed by atoms with E-state index in [0.717, 1.165) is 14.2 Å². The van der Waals surface area contributed by atoms with Crippen LogP contribution in [0.5, 0.6) is 5.88 Å². The predicted octanol–water partition coefficient (Wildman–Crippen LogP) is 0.722. The van der Waals surface area contributed by atoms with Gasteiger partial charge in [-0.15, -0.1) is 0 Å². The van der Waals surface area contributed by atoms with Crippen molar-refractivity contribution >= 4 is 11.7 Å². The predicted molar refractivity (Wildman–Crippen MR) is 54.3 cm³/mol. The maximum atomic E-state index is 12.3. The first-order valence-electron chi connectivity index (χ1n) is 4.64. The van der Waals surface area contributed by atoms with Crippen molar-refractivity contribution in [2.24, 2.45) is 5.16 Å². The zero-order valence-corrected chi connectivity index (χ0v) is 13.1. The zero-order chi connectivity index (χ0) is 14.6. The van der Waals surface area contributed by atoms with Crippen molar-refractivity contribution in [1.82, 2.24) is 9.97 Å². The minimum absolute atomic E-state index is 0. The van der Waals surface area contributed by atoms with Crippen LogP contribution in [-0.2, 0) is 53.3 Å². The molecule has 0 aliphatic carbocycles. The Morgan fingerprint density at radius 1 is 1.40 bits per heavy atom. The van der Waals surface area contributed by atoms with E-state index in [0.29, 0.717) is 6.20 Å². The molecule has 0 saturated heterocycles. The molecule has 0 aliphatic heterocycles. The van der Waals surface area contributed by atoms with Crippen LogP contribution in [0.2, 0.25) is 0 Å². The molecule has 0 atom stereocenters. The number of nitrogens with zero attached hydrogens (tertiary/aromatic N) is 3. The molecule has 11 heteroatoms. The molecule has 0 unspecified atom stereocenters. The molecule has 0 spiro atoms. The van der Waals surface area contributed by atoms with Crippen LogP contribution in [0.25, 0.3) is 0 Å². The quantitative estimate of drug-likeness (QED) is 0.480. The average molecular weight is 368 g/mol. The van der Waals surface area contributed by atoms with Gasteiger partial charge in [0.25, 0.3) is 0 Å². The largest absolute Gasteiger partial charge is 0.493 e. The fourth-order valence-corrected chi connectivity index (χ4v) is 1.06. The number of aromatic nitrogens is 2. The topological polar surface area (TPSA) is 93.9 Å². The van der Waals surface area contributed by atoms with E-state index in [1.54, 1.807) is 0 Å². The van der Waals surface area contributed by atoms with Crippen LogP contribution >= 0.6 is 0 Å². The number of oxime groups is 1. The maximum Gasteiger partial charge on any atom is 0.451 e. The summed E-state index contributed by atoms with van der Waals surface area (Å²) in [7, 11) is 2.13. The van der Waals surface area contributed by atoms with Crippen LogP contribution in [0.4, 0.5) is 13.2 Å². The molecular formula is C9H8F3N3O4Y. The van der Waals surface area contributed by atoms with Gasteiger partial charge in [0.2, 0.25) is 17.4 Å². The minimum atomic E-state index is -4.82. The number of methoxy groups -OCH3 is 1. The molecule has 1 N–H and O–H groups in total. The van der Waals surface area contributed by atoms with E-state index in [-0.39, 0.29) is 32.7 Å². The van der Waals surface area contributed by atoms with Gasteiger partial charge in [-0.25, -0.2) is 9.78 Å². The first-order chi connectivity index (χ1) is 8.81. The number of rotatable bonds is 3. The Hall–Kier alpha value is -1.29. The number of hydrogen-bond donors (Lipinski definition) is 1. The van der Waals surface area contributed by atoms with Gasteiger partial charge in [0, 0.05) is 38.9 Å². The van der Waals surface area contributed by atoms with Crippen LogP contribution in [0.1, 0.15) is 11.4 Å². The number of carbonyl (C=O) groups is 1. The minimum Gasteiger partial charge on any atom is -0.493 e. The molecule has 0 amide bonds. The molecule has 1 aromatic heterocycles. The first kappa shape index (κ1) is 18.7. The number of alkyl halides is 3. The molecule has 1 radical (unpaired) electrons. The fourth-order valence-electron chi connectivity index (χ4n) is 1.06. The van der Waals surface area contributed by atoms with E-state index in [4.69, 9.17) is 0 Å². The molecule has 20 heavy (non-hydrogen) atoms. The molecule has 0 saturated carbocycles. The summed E-state index contributed by atoms with van der Waals surface area (Å²) in [5.41, 5.74) is -1.00. The monoisotopic (exact) mass is 368 g/mol. The third kappa shape index (κ3) is 4.37. The van der Waals surface area contributed by atoms with Crippen molar-refractivity contribution in [2.75, 3.05) is 14.2 Å². The number of esters is 1. The normalized spacial score (nSPS) is 11.6. The van der Waals surface area contributed by atoms with Crippen molar-refractivity contribution in [3.8, 4) is 5.88 Å². The Morgan fingerprint density at radius 3 is 2.40 bits per heavy atom. The number of halogens is 3. The smallest absolute Gasteiger partial charge is 0.451 e. The Labute approximate surface area is 136 Å². The van der Waals surface area contributed by atoms with Crippen molar-refractivity contribution in [1.29, 1.82) is 0 Å². The molecule has 0 aliphatic rings. The second kappa shape index (κ2) is 7.48. The molecule has 0 aromatic carbocycles. The standard InChI is InChI=1S/C9H8F3N3O4.Y/c1-18-7(17)5(15-19-2)4-3-13-8(9(10,11)12)14-6(4)16;/h3H,1-2H3,(H,13,14,16);/b15-5+;. The van der Waals surface area contributed by atoms with E-state index < -0.39 is 35.1 Å². The summed E-state index contributed by atoms with van der Waals surface area (Å²) in [6.07, 6.45) is -4.22. The Balaban J connectivity index is 0.00000361. The third-order valence-corrected chi connectivity index (χ3v) is 1.84. The summed E-state index contributed by atoms with van der Waals surface area (Å²) in [6, 6.07) is 0. The fraction of sp³-hybridized carbons (Fsp3) is 0.333. The summed E-state index contributed by atoms with van der Waals surface area (Å²) in [4.78, 5) is 21.5. The average Bonchev–Trinajstić information content (AvgIpc) is 2.34. The summed E-state index contributed by atoms with van der Waals surface area (Å²) in [6.45, 7) is 0. The van der Waals surface area contributed by atoms with Crippen LogP contribution in [0, 0.1) is 0 Å². The Bertz CT molecular complexity index is 522. The van der Waals surface area contributed by atoms with Gasteiger partial charge in [-0.05, 0) is 0 Å². The Kier molecular flexibility index (Phi) is 7.00. The van der Waals surface area contributed by atoms with Crippen molar-refractivity contribution in [3.63, 3.8) is 0 Å². The van der Waals surface area contributed by atoms with Gasteiger partial charge in [0.05, 0.1) is 12.7 Å². The summed E-state index contributed by atoms with van der Waals surface area (Å²) >= 11 is 0. The first-order valence-corrected chi connectivity index (χ1v) is 4.64. The van der Waals surface area contributed by atoms with Crippen LogP contribution in [0.15, 0.2) is 11.4 Å². The number of carbonyl (C=O) groups excluding carboxylic acids is 1. The Morgan fingerprint density at radius 2 is 2.00 bits per heavy atom. The van der Waals surface area contributed by atoms with Gasteiger partial charge in [-0.2, -0.15) is 18.2 Å². The van der Waals surface area contributed by atoms with Gasteiger partial charge in [-0.1, -0.05) is 5.16 Å². The van der Waals surface area contributed by atoms with Gasteiger partial charge in [-0.3, -0.25) is 0 Å². The molecule has 1 rings (SSSR count).